The van der Waals surface area contributed by atoms with Crippen molar-refractivity contribution in [2.45, 2.75) is 37.9 Å². The van der Waals surface area contributed by atoms with E-state index in [4.69, 9.17) is 0 Å². The average molecular weight is 610 g/mol. The van der Waals surface area contributed by atoms with Gasteiger partial charge in [0.2, 0.25) is 5.91 Å². The Bertz CT molecular complexity index is 1520. The molecule has 1 aliphatic rings. The number of aromatic nitrogens is 2. The van der Waals surface area contributed by atoms with Crippen molar-refractivity contribution in [2.75, 3.05) is 18.0 Å². The van der Waals surface area contributed by atoms with E-state index in [9.17, 15) is 49.1 Å². The van der Waals surface area contributed by atoms with Gasteiger partial charge in [-0.2, -0.15) is 39.5 Å². The number of benzene rings is 2. The number of rotatable bonds is 5. The van der Waals surface area contributed by atoms with Crippen LogP contribution in [0.2, 0.25) is 0 Å². The predicted octanol–water partition coefficient (Wildman–Crippen LogP) is 6.17. The molecule has 0 spiro atoms. The maximum absolute atomic E-state index is 15.4. The van der Waals surface area contributed by atoms with Crippen LogP contribution in [0.4, 0.5) is 49.6 Å². The summed E-state index contributed by atoms with van der Waals surface area (Å²) in [4.78, 5) is 30.8. The van der Waals surface area contributed by atoms with Crippen LogP contribution in [-0.4, -0.2) is 29.0 Å². The third kappa shape index (κ3) is 6.85. The van der Waals surface area contributed by atoms with Gasteiger partial charge in [0.05, 0.1) is 16.7 Å². The molecule has 2 N–H and O–H groups in total. The molecule has 0 radical (unpaired) electrons. The van der Waals surface area contributed by atoms with Crippen LogP contribution < -0.4 is 15.8 Å². The van der Waals surface area contributed by atoms with E-state index < -0.39 is 82.0 Å². The molecule has 1 amide bonds. The number of nitrogens with zero attached hydrogens (tertiary/aromatic N) is 2. The van der Waals surface area contributed by atoms with Crippen LogP contribution in [0.25, 0.3) is 11.4 Å². The first-order valence-electron chi connectivity index (χ1n) is 12.2. The number of hydrogen-bond acceptors (Lipinski definition) is 4. The lowest BCUT2D eigenvalue weighted by atomic mass is 9.95. The number of nitrogens with one attached hydrogen (secondary N) is 2. The number of piperidine rings is 1. The molecule has 16 heteroatoms. The Balaban J connectivity index is 1.51. The molecule has 1 saturated heterocycles. The molecule has 2 heterocycles. The van der Waals surface area contributed by atoms with Crippen molar-refractivity contribution in [3.05, 3.63) is 81.0 Å². The van der Waals surface area contributed by atoms with Gasteiger partial charge in [0.1, 0.15) is 11.6 Å². The largest absolute Gasteiger partial charge is 0.433 e. The summed E-state index contributed by atoms with van der Waals surface area (Å²) < 4.78 is 135. The molecule has 0 atom stereocenters. The second kappa shape index (κ2) is 11.3. The Kier molecular flexibility index (Phi) is 8.29. The summed E-state index contributed by atoms with van der Waals surface area (Å²) in [5.41, 5.74) is -7.45. The van der Waals surface area contributed by atoms with Gasteiger partial charge in [-0.05, 0) is 37.1 Å². The van der Waals surface area contributed by atoms with Crippen LogP contribution in [0.3, 0.4) is 0 Å². The molecule has 0 bridgehead atoms. The number of carbonyl (C=O) groups is 1. The average Bonchev–Trinajstić information content (AvgIpc) is 2.90. The minimum absolute atomic E-state index is 0.0110. The lowest BCUT2D eigenvalue weighted by Gasteiger charge is -2.33. The molecule has 0 saturated carbocycles. The Hall–Kier alpha value is -4.11. The Morgan fingerprint density at radius 3 is 2.19 bits per heavy atom. The minimum Gasteiger partial charge on any atom is -0.371 e. The van der Waals surface area contributed by atoms with E-state index >= 15 is 4.39 Å². The van der Waals surface area contributed by atoms with Gasteiger partial charge in [0.15, 0.2) is 5.69 Å². The van der Waals surface area contributed by atoms with Gasteiger partial charge in [-0.3, -0.25) is 9.59 Å². The van der Waals surface area contributed by atoms with Gasteiger partial charge >= 0.3 is 18.5 Å². The highest BCUT2D eigenvalue weighted by Crippen LogP contribution is 2.39. The van der Waals surface area contributed by atoms with Crippen LogP contribution >= 0.6 is 0 Å². The van der Waals surface area contributed by atoms with E-state index in [1.807, 2.05) is 0 Å². The fourth-order valence-electron chi connectivity index (χ4n) is 4.55. The van der Waals surface area contributed by atoms with Crippen LogP contribution in [0.1, 0.15) is 35.2 Å². The third-order valence-corrected chi connectivity index (χ3v) is 6.65. The molecular weight excluding hydrogens is 590 g/mol. The van der Waals surface area contributed by atoms with Crippen LogP contribution in [-0.2, 0) is 29.9 Å². The van der Waals surface area contributed by atoms with Crippen LogP contribution in [0.15, 0.2) is 47.3 Å². The summed E-state index contributed by atoms with van der Waals surface area (Å²) in [7, 11) is 0. The number of H-pyrrole nitrogens is 1. The Labute approximate surface area is 230 Å². The smallest absolute Gasteiger partial charge is 0.371 e. The van der Waals surface area contributed by atoms with E-state index in [-0.39, 0.29) is 32.0 Å². The molecule has 0 aliphatic carbocycles. The SMILES string of the molecule is O=C(NCc1ccc(C(F)(F)F)c(-c2nc(C(F)(F)F)cc(=O)[nH]2)c1F)C1CCN(c2cccc(C(F)(F)F)c2)CC1. The topological polar surface area (TPSA) is 78.1 Å². The predicted molar refractivity (Wildman–Crippen MR) is 128 cm³/mol. The van der Waals surface area contributed by atoms with Crippen LogP contribution in [0, 0.1) is 11.7 Å². The maximum atomic E-state index is 15.4. The molecule has 0 unspecified atom stereocenters. The molecule has 226 valence electrons. The molecular formula is C26H20F10N4O2. The normalized spacial score (nSPS) is 15.1. The Morgan fingerprint density at radius 1 is 0.929 bits per heavy atom. The van der Waals surface area contributed by atoms with Gasteiger partial charge in [0, 0.05) is 42.9 Å². The van der Waals surface area contributed by atoms with Gasteiger partial charge in [-0.25, -0.2) is 9.37 Å². The van der Waals surface area contributed by atoms with E-state index in [0.717, 1.165) is 12.1 Å². The highest BCUT2D eigenvalue weighted by molar-refractivity contribution is 5.79. The standard InChI is InChI=1S/C26H20F10N4O2/c27-21-14(4-5-17(25(31,32)33)20(21)22-38-18(26(34,35)36)11-19(41)39-22)12-37-23(42)13-6-8-40(9-7-13)16-3-1-2-15(10-16)24(28,29)30/h1-5,10-11,13H,6-9,12H2,(H,37,42)(H,38,39,41). The Morgan fingerprint density at radius 2 is 1.60 bits per heavy atom. The van der Waals surface area contributed by atoms with Crippen molar-refractivity contribution in [1.29, 1.82) is 0 Å². The van der Waals surface area contributed by atoms with E-state index in [2.05, 4.69) is 10.3 Å². The van der Waals surface area contributed by atoms with Crippen molar-refractivity contribution in [1.82, 2.24) is 15.3 Å². The summed E-state index contributed by atoms with van der Waals surface area (Å²) in [5.74, 6) is -4.20. The first kappa shape index (κ1) is 30.8. The zero-order valence-electron chi connectivity index (χ0n) is 21.1. The number of halogens is 10. The van der Waals surface area contributed by atoms with Crippen molar-refractivity contribution in [2.24, 2.45) is 5.92 Å². The first-order chi connectivity index (χ1) is 19.4. The van der Waals surface area contributed by atoms with Crippen molar-refractivity contribution < 1.29 is 48.7 Å². The van der Waals surface area contributed by atoms with Gasteiger partial charge in [-0.1, -0.05) is 12.1 Å². The lowest BCUT2D eigenvalue weighted by molar-refractivity contribution is -0.141. The molecule has 1 aliphatic heterocycles. The van der Waals surface area contributed by atoms with Crippen molar-refractivity contribution >= 4 is 11.6 Å². The summed E-state index contributed by atoms with van der Waals surface area (Å²) in [6.45, 7) is -0.216. The summed E-state index contributed by atoms with van der Waals surface area (Å²) in [6.07, 6.45) is -14.6. The second-order valence-corrected chi connectivity index (χ2v) is 9.46. The van der Waals surface area contributed by atoms with Gasteiger partial charge < -0.3 is 15.2 Å². The number of alkyl halides is 9. The quantitative estimate of drug-likeness (QED) is 0.339. The molecule has 3 aromatic rings. The number of amides is 1. The van der Waals surface area contributed by atoms with Crippen molar-refractivity contribution in [3.8, 4) is 11.4 Å². The highest BCUT2D eigenvalue weighted by atomic mass is 19.4. The second-order valence-electron chi connectivity index (χ2n) is 9.46. The zero-order valence-corrected chi connectivity index (χ0v) is 21.1. The van der Waals surface area contributed by atoms with E-state index in [0.29, 0.717) is 17.8 Å². The third-order valence-electron chi connectivity index (χ3n) is 6.65. The summed E-state index contributed by atoms with van der Waals surface area (Å²) in [6, 6.07) is 5.77. The lowest BCUT2D eigenvalue weighted by Crippen LogP contribution is -2.40. The summed E-state index contributed by atoms with van der Waals surface area (Å²) in [5, 5.41) is 2.38. The van der Waals surface area contributed by atoms with E-state index in [1.165, 1.54) is 12.1 Å². The molecule has 2 aromatic carbocycles. The summed E-state index contributed by atoms with van der Waals surface area (Å²) >= 11 is 0. The molecule has 4 rings (SSSR count). The van der Waals surface area contributed by atoms with E-state index in [1.54, 1.807) is 9.88 Å². The van der Waals surface area contributed by atoms with Gasteiger partial charge in [0.25, 0.3) is 5.56 Å². The number of hydrogen-bond donors (Lipinski definition) is 2. The molecule has 1 aromatic heterocycles. The number of aromatic amines is 1. The molecule has 42 heavy (non-hydrogen) atoms. The maximum Gasteiger partial charge on any atom is 0.433 e. The highest BCUT2D eigenvalue weighted by Gasteiger charge is 2.39. The molecule has 1 fully saturated rings. The van der Waals surface area contributed by atoms with Crippen LogP contribution in [0.5, 0.6) is 0 Å². The monoisotopic (exact) mass is 610 g/mol. The number of anilines is 1. The fourth-order valence-corrected chi connectivity index (χ4v) is 4.55. The fraction of sp³-hybridized carbons (Fsp3) is 0.346. The minimum atomic E-state index is -5.24. The number of carbonyl (C=O) groups excluding carboxylic acids is 1. The zero-order chi connectivity index (χ0) is 31.0. The first-order valence-corrected chi connectivity index (χ1v) is 12.2. The molecule has 6 nitrogen and oxygen atoms in total. The van der Waals surface area contributed by atoms with Gasteiger partial charge in [-0.15, -0.1) is 0 Å². The van der Waals surface area contributed by atoms with Crippen molar-refractivity contribution in [3.63, 3.8) is 0 Å².